The molecule has 6 nitrogen and oxygen atoms in total. The second-order valence-electron chi connectivity index (χ2n) is 6.13. The molecule has 2 aromatic carbocycles. The lowest BCUT2D eigenvalue weighted by atomic mass is 10.2. The van der Waals surface area contributed by atoms with E-state index < -0.39 is 11.9 Å². The second kappa shape index (κ2) is 9.07. The molecule has 28 heavy (non-hydrogen) atoms. The minimum absolute atomic E-state index is 0.162. The Morgan fingerprint density at radius 3 is 2.68 bits per heavy atom. The third kappa shape index (κ3) is 5.12. The molecule has 0 saturated carbocycles. The molecule has 8 heteroatoms. The zero-order valence-corrected chi connectivity index (χ0v) is 15.2. The fourth-order valence-corrected chi connectivity index (χ4v) is 2.48. The van der Waals surface area contributed by atoms with Gasteiger partial charge in [-0.15, -0.1) is 0 Å². The van der Waals surface area contributed by atoms with Crippen LogP contribution in [0.4, 0.5) is 8.78 Å². The number of carbonyl (C=O) groups is 1. The fourth-order valence-electron chi connectivity index (χ4n) is 2.48. The highest BCUT2D eigenvalue weighted by molar-refractivity contribution is 5.76. The first kappa shape index (κ1) is 19.5. The van der Waals surface area contributed by atoms with Gasteiger partial charge in [0.1, 0.15) is 11.9 Å². The minimum atomic E-state index is -0.485. The van der Waals surface area contributed by atoms with Crippen molar-refractivity contribution in [2.75, 3.05) is 6.61 Å². The Morgan fingerprint density at radius 1 is 1.18 bits per heavy atom. The smallest absolute Gasteiger partial charge is 0.249 e. The van der Waals surface area contributed by atoms with Crippen molar-refractivity contribution in [2.45, 2.75) is 25.8 Å². The third-order valence-corrected chi connectivity index (χ3v) is 3.93. The predicted octanol–water partition coefficient (Wildman–Crippen LogP) is 4.05. The fraction of sp³-hybridized carbons (Fsp3) is 0.250. The number of para-hydroxylation sites is 1. The molecule has 0 fully saturated rings. The van der Waals surface area contributed by atoms with Crippen LogP contribution < -0.4 is 10.1 Å². The molecule has 0 radical (unpaired) electrons. The van der Waals surface area contributed by atoms with Crippen LogP contribution in [0.3, 0.4) is 0 Å². The van der Waals surface area contributed by atoms with Gasteiger partial charge >= 0.3 is 0 Å². The quantitative estimate of drug-likeness (QED) is 0.590. The molecular weight excluding hydrogens is 368 g/mol. The van der Waals surface area contributed by atoms with Crippen molar-refractivity contribution in [3.05, 3.63) is 66.1 Å². The van der Waals surface area contributed by atoms with Gasteiger partial charge in [-0.3, -0.25) is 4.79 Å². The standard InChI is InChI=1S/C20H19F2N3O3/c1-13(20-24-19(25-28-20)14-8-10-15(21)11-9-14)23-18(26)7-4-12-27-17-6-3-2-5-16(17)22/h2-3,5-6,8-11,13H,4,7,12H2,1H3,(H,23,26). The number of amides is 1. The number of nitrogens with one attached hydrogen (secondary N) is 1. The molecule has 1 atom stereocenters. The Labute approximate surface area is 160 Å². The second-order valence-corrected chi connectivity index (χ2v) is 6.13. The first-order chi connectivity index (χ1) is 13.5. The van der Waals surface area contributed by atoms with Gasteiger partial charge in [0.2, 0.25) is 17.6 Å². The van der Waals surface area contributed by atoms with E-state index in [4.69, 9.17) is 9.26 Å². The number of hydrogen-bond donors (Lipinski definition) is 1. The molecule has 0 bridgehead atoms. The van der Waals surface area contributed by atoms with Crippen LogP contribution in [-0.4, -0.2) is 22.7 Å². The van der Waals surface area contributed by atoms with Crippen molar-refractivity contribution < 1.29 is 22.8 Å². The lowest BCUT2D eigenvalue weighted by Gasteiger charge is -2.10. The molecular formula is C20H19F2N3O3. The molecule has 0 aliphatic rings. The average molecular weight is 387 g/mol. The number of rotatable bonds is 8. The third-order valence-electron chi connectivity index (χ3n) is 3.93. The summed E-state index contributed by atoms with van der Waals surface area (Å²) in [4.78, 5) is 16.3. The zero-order chi connectivity index (χ0) is 19.9. The Morgan fingerprint density at radius 2 is 1.93 bits per heavy atom. The normalized spacial score (nSPS) is 11.8. The van der Waals surface area contributed by atoms with E-state index in [9.17, 15) is 13.6 Å². The Hall–Kier alpha value is -3.29. The van der Waals surface area contributed by atoms with E-state index in [-0.39, 0.29) is 36.4 Å². The molecule has 1 unspecified atom stereocenters. The van der Waals surface area contributed by atoms with Crippen LogP contribution in [0.1, 0.15) is 31.7 Å². The maximum Gasteiger partial charge on any atom is 0.249 e. The van der Waals surface area contributed by atoms with Crippen LogP contribution in [0.5, 0.6) is 5.75 Å². The van der Waals surface area contributed by atoms with Crippen molar-refractivity contribution in [3.8, 4) is 17.1 Å². The van der Waals surface area contributed by atoms with Crippen molar-refractivity contribution >= 4 is 5.91 Å². The summed E-state index contributed by atoms with van der Waals surface area (Å²) in [6.45, 7) is 1.94. The summed E-state index contributed by atoms with van der Waals surface area (Å²) in [7, 11) is 0. The summed E-state index contributed by atoms with van der Waals surface area (Å²) < 4.78 is 36.9. The van der Waals surface area contributed by atoms with E-state index in [2.05, 4.69) is 15.5 Å². The Bertz CT molecular complexity index is 928. The highest BCUT2D eigenvalue weighted by Crippen LogP contribution is 2.19. The molecule has 1 heterocycles. The monoisotopic (exact) mass is 387 g/mol. The summed E-state index contributed by atoms with van der Waals surface area (Å²) in [5.41, 5.74) is 0.611. The largest absolute Gasteiger partial charge is 0.491 e. The Kier molecular flexibility index (Phi) is 6.31. The van der Waals surface area contributed by atoms with Crippen LogP contribution in [0.2, 0.25) is 0 Å². The number of hydrogen-bond acceptors (Lipinski definition) is 5. The highest BCUT2D eigenvalue weighted by Gasteiger charge is 2.17. The van der Waals surface area contributed by atoms with Gasteiger partial charge in [-0.25, -0.2) is 8.78 Å². The molecule has 1 aromatic heterocycles. The Balaban J connectivity index is 1.45. The number of ether oxygens (including phenoxy) is 1. The first-order valence-corrected chi connectivity index (χ1v) is 8.79. The molecule has 1 amide bonds. The molecule has 0 spiro atoms. The van der Waals surface area contributed by atoms with Gasteiger partial charge in [0, 0.05) is 12.0 Å². The predicted molar refractivity (Wildman–Crippen MR) is 97.4 cm³/mol. The van der Waals surface area contributed by atoms with E-state index in [0.717, 1.165) is 0 Å². The van der Waals surface area contributed by atoms with Crippen molar-refractivity contribution in [1.29, 1.82) is 0 Å². The number of halogens is 2. The molecule has 0 aliphatic carbocycles. The molecule has 3 aromatic rings. The topological polar surface area (TPSA) is 77.2 Å². The highest BCUT2D eigenvalue weighted by atomic mass is 19.1. The van der Waals surface area contributed by atoms with Crippen LogP contribution in [0.25, 0.3) is 11.4 Å². The first-order valence-electron chi connectivity index (χ1n) is 8.79. The van der Waals surface area contributed by atoms with Gasteiger partial charge in [-0.2, -0.15) is 4.98 Å². The average Bonchev–Trinajstić information content (AvgIpc) is 3.17. The molecule has 1 N–H and O–H groups in total. The van der Waals surface area contributed by atoms with E-state index >= 15 is 0 Å². The summed E-state index contributed by atoms with van der Waals surface area (Å²) in [6.07, 6.45) is 0.634. The van der Waals surface area contributed by atoms with Gasteiger partial charge in [0.15, 0.2) is 11.6 Å². The van der Waals surface area contributed by atoms with Crippen LogP contribution in [0, 0.1) is 11.6 Å². The summed E-state index contributed by atoms with van der Waals surface area (Å²) in [5, 5.41) is 6.60. The van der Waals surface area contributed by atoms with E-state index in [1.165, 1.54) is 24.3 Å². The minimum Gasteiger partial charge on any atom is -0.491 e. The molecule has 146 valence electrons. The molecule has 3 rings (SSSR count). The van der Waals surface area contributed by atoms with Gasteiger partial charge in [0.05, 0.1) is 6.61 Å². The van der Waals surface area contributed by atoms with Crippen molar-refractivity contribution in [2.24, 2.45) is 0 Å². The van der Waals surface area contributed by atoms with Crippen LogP contribution >= 0.6 is 0 Å². The lowest BCUT2D eigenvalue weighted by Crippen LogP contribution is -2.27. The van der Waals surface area contributed by atoms with E-state index in [0.29, 0.717) is 17.8 Å². The number of aromatic nitrogens is 2. The SMILES string of the molecule is CC(NC(=O)CCCOc1ccccc1F)c1nc(-c2ccc(F)cc2)no1. The maximum atomic E-state index is 13.4. The van der Waals surface area contributed by atoms with E-state index in [1.54, 1.807) is 31.2 Å². The van der Waals surface area contributed by atoms with Gasteiger partial charge < -0.3 is 14.6 Å². The van der Waals surface area contributed by atoms with Gasteiger partial charge in [-0.1, -0.05) is 17.3 Å². The van der Waals surface area contributed by atoms with Crippen molar-refractivity contribution in [3.63, 3.8) is 0 Å². The zero-order valence-electron chi connectivity index (χ0n) is 15.2. The number of carbonyl (C=O) groups excluding carboxylic acids is 1. The summed E-state index contributed by atoms with van der Waals surface area (Å²) in [6, 6.07) is 11.3. The summed E-state index contributed by atoms with van der Waals surface area (Å²) in [5.74, 6) is -0.285. The van der Waals surface area contributed by atoms with E-state index in [1.807, 2.05) is 0 Å². The van der Waals surface area contributed by atoms with Gasteiger partial charge in [-0.05, 0) is 49.7 Å². The number of nitrogens with zero attached hydrogens (tertiary/aromatic N) is 2. The maximum absolute atomic E-state index is 13.4. The van der Waals surface area contributed by atoms with Crippen LogP contribution in [0.15, 0.2) is 53.1 Å². The van der Waals surface area contributed by atoms with Crippen molar-refractivity contribution in [1.82, 2.24) is 15.5 Å². The molecule has 0 saturated heterocycles. The molecule has 0 aliphatic heterocycles. The van der Waals surface area contributed by atoms with Gasteiger partial charge in [0.25, 0.3) is 0 Å². The van der Waals surface area contributed by atoms with Crippen LogP contribution in [-0.2, 0) is 4.79 Å². The summed E-state index contributed by atoms with van der Waals surface area (Å²) >= 11 is 0. The lowest BCUT2D eigenvalue weighted by molar-refractivity contribution is -0.122. The number of benzene rings is 2.